The van der Waals surface area contributed by atoms with Crippen molar-refractivity contribution in [3.8, 4) is 0 Å². The molecule has 0 aromatic rings. The van der Waals surface area contributed by atoms with Crippen LogP contribution in [0.2, 0.25) is 0 Å². The lowest BCUT2D eigenvalue weighted by molar-refractivity contribution is -0.152. The van der Waals surface area contributed by atoms with Crippen molar-refractivity contribution in [2.24, 2.45) is 5.84 Å². The lowest BCUT2D eigenvalue weighted by Crippen LogP contribution is -2.26. The highest BCUT2D eigenvalue weighted by molar-refractivity contribution is 5.69. The second-order valence-corrected chi connectivity index (χ2v) is 3.17. The van der Waals surface area contributed by atoms with Gasteiger partial charge in [0.1, 0.15) is 0 Å². The fourth-order valence-electron chi connectivity index (χ4n) is 0.956. The molecule has 0 fully saturated rings. The number of carbonyl (C=O) groups is 1. The molecule has 0 amide bonds. The van der Waals surface area contributed by atoms with E-state index in [1.807, 2.05) is 0 Å². The number of rotatable bonds is 13. The maximum atomic E-state index is 10.8. The van der Waals surface area contributed by atoms with E-state index in [1.54, 1.807) is 12.7 Å². The summed E-state index contributed by atoms with van der Waals surface area (Å²) in [5.41, 5.74) is 1.80. The van der Waals surface area contributed by atoms with Gasteiger partial charge in [0.05, 0.1) is 52.7 Å². The van der Waals surface area contributed by atoms with Crippen LogP contribution in [0.5, 0.6) is 0 Å². The topological polar surface area (TPSA) is 101 Å². The van der Waals surface area contributed by atoms with Crippen LogP contribution < -0.4 is 11.4 Å². The van der Waals surface area contributed by atoms with Crippen molar-refractivity contribution in [1.82, 2.24) is 5.59 Å². The third-order valence-electron chi connectivity index (χ3n) is 1.80. The Balaban J connectivity index is 3.01. The van der Waals surface area contributed by atoms with Crippen LogP contribution in [-0.4, -0.2) is 59.3 Å². The van der Waals surface area contributed by atoms with Crippen molar-refractivity contribution < 1.29 is 28.6 Å². The minimum Gasteiger partial charge on any atom is -0.382 e. The van der Waals surface area contributed by atoms with Gasteiger partial charge in [-0.2, -0.15) is 0 Å². The number of methoxy groups -OCH3 is 1. The third-order valence-corrected chi connectivity index (χ3v) is 1.80. The number of hydrogen-bond acceptors (Lipinski definition) is 8. The summed E-state index contributed by atoms with van der Waals surface area (Å²) in [7, 11) is 1.62. The fraction of sp³-hybridized carbons (Fsp3) is 0.900. The van der Waals surface area contributed by atoms with Gasteiger partial charge in [-0.05, 0) is 0 Å². The summed E-state index contributed by atoms with van der Waals surface area (Å²) < 4.78 is 20.4. The van der Waals surface area contributed by atoms with Gasteiger partial charge in [-0.1, -0.05) is 5.59 Å². The quantitative estimate of drug-likeness (QED) is 0.248. The number of hydrazine groups is 1. The predicted molar refractivity (Wildman–Crippen MR) is 62.4 cm³/mol. The minimum atomic E-state index is -0.468. The number of nitrogens with one attached hydrogen (secondary N) is 1. The zero-order valence-corrected chi connectivity index (χ0v) is 10.7. The van der Waals surface area contributed by atoms with Crippen LogP contribution in [0, 0.1) is 0 Å². The maximum absolute atomic E-state index is 10.8. The summed E-state index contributed by atoms with van der Waals surface area (Å²) >= 11 is 0. The molecule has 0 unspecified atom stereocenters. The average molecular weight is 266 g/mol. The molecule has 0 aliphatic carbocycles. The maximum Gasteiger partial charge on any atom is 0.328 e. The first-order valence-electron chi connectivity index (χ1n) is 5.68. The Morgan fingerprint density at radius 1 is 0.944 bits per heavy atom. The summed E-state index contributed by atoms with van der Waals surface area (Å²) in [6.45, 7) is 3.32. The SMILES string of the molecule is COCCOCCOCCOCCC(=O)ONN. The van der Waals surface area contributed by atoms with E-state index in [-0.39, 0.29) is 13.0 Å². The summed E-state index contributed by atoms with van der Waals surface area (Å²) in [6.07, 6.45) is 0.143. The van der Waals surface area contributed by atoms with Gasteiger partial charge in [-0.25, -0.2) is 5.84 Å². The molecule has 8 heteroatoms. The molecule has 0 radical (unpaired) electrons. The highest BCUT2D eigenvalue weighted by Gasteiger charge is 2.01. The summed E-state index contributed by atoms with van der Waals surface area (Å²) in [4.78, 5) is 15.1. The Hall–Kier alpha value is -0.770. The molecule has 0 aliphatic rings. The molecule has 0 saturated carbocycles. The Morgan fingerprint density at radius 2 is 1.44 bits per heavy atom. The molecule has 0 atom stereocenters. The molecule has 0 aliphatic heterocycles. The molecular weight excluding hydrogens is 244 g/mol. The molecule has 108 valence electrons. The van der Waals surface area contributed by atoms with Gasteiger partial charge in [-0.15, -0.1) is 0 Å². The number of nitrogens with two attached hydrogens (primary N) is 1. The summed E-state index contributed by atoms with van der Waals surface area (Å²) in [5.74, 6) is 4.32. The van der Waals surface area contributed by atoms with Crippen LogP contribution in [-0.2, 0) is 28.6 Å². The highest BCUT2D eigenvalue weighted by atomic mass is 16.7. The molecule has 0 saturated heterocycles. The lowest BCUT2D eigenvalue weighted by Gasteiger charge is -2.06. The molecule has 0 bridgehead atoms. The molecule has 8 nitrogen and oxygen atoms in total. The van der Waals surface area contributed by atoms with Crippen molar-refractivity contribution in [2.45, 2.75) is 6.42 Å². The molecule has 18 heavy (non-hydrogen) atoms. The Labute approximate surface area is 107 Å². The Bertz CT molecular complexity index is 193. The molecule has 0 spiro atoms. The number of carbonyl (C=O) groups excluding carboxylic acids is 1. The lowest BCUT2D eigenvalue weighted by atomic mass is 10.5. The van der Waals surface area contributed by atoms with Crippen LogP contribution in [0.3, 0.4) is 0 Å². The highest BCUT2D eigenvalue weighted by Crippen LogP contribution is 1.86. The van der Waals surface area contributed by atoms with Crippen molar-refractivity contribution in [3.05, 3.63) is 0 Å². The van der Waals surface area contributed by atoms with Crippen molar-refractivity contribution in [2.75, 3.05) is 53.4 Å². The van der Waals surface area contributed by atoms with Crippen molar-refractivity contribution in [3.63, 3.8) is 0 Å². The molecule has 0 aromatic carbocycles. The predicted octanol–water partition coefficient (Wildman–Crippen LogP) is -1.01. The van der Waals surface area contributed by atoms with Gasteiger partial charge in [0.25, 0.3) is 0 Å². The normalized spacial score (nSPS) is 10.6. The van der Waals surface area contributed by atoms with E-state index in [9.17, 15) is 4.79 Å². The van der Waals surface area contributed by atoms with Crippen molar-refractivity contribution >= 4 is 5.97 Å². The zero-order chi connectivity index (χ0) is 13.5. The monoisotopic (exact) mass is 266 g/mol. The first kappa shape index (κ1) is 17.2. The van der Waals surface area contributed by atoms with Crippen molar-refractivity contribution in [1.29, 1.82) is 0 Å². The van der Waals surface area contributed by atoms with E-state index in [1.165, 1.54) is 0 Å². The molecule has 0 rings (SSSR count). The van der Waals surface area contributed by atoms with E-state index < -0.39 is 5.97 Å². The molecular formula is C10H22N2O6. The minimum absolute atomic E-state index is 0.143. The zero-order valence-electron chi connectivity index (χ0n) is 10.7. The van der Waals surface area contributed by atoms with E-state index in [0.717, 1.165) is 0 Å². The van der Waals surface area contributed by atoms with Gasteiger partial charge in [0.15, 0.2) is 0 Å². The second-order valence-electron chi connectivity index (χ2n) is 3.17. The van der Waals surface area contributed by atoms with Gasteiger partial charge in [0, 0.05) is 7.11 Å². The fourth-order valence-corrected chi connectivity index (χ4v) is 0.956. The average Bonchev–Trinajstić information content (AvgIpc) is 2.36. The molecule has 0 heterocycles. The van der Waals surface area contributed by atoms with E-state index in [0.29, 0.717) is 39.6 Å². The van der Waals surface area contributed by atoms with Gasteiger partial charge >= 0.3 is 5.97 Å². The first-order chi connectivity index (χ1) is 8.81. The Kier molecular flexibility index (Phi) is 13.7. The Morgan fingerprint density at radius 3 is 1.94 bits per heavy atom. The first-order valence-corrected chi connectivity index (χ1v) is 5.68. The smallest absolute Gasteiger partial charge is 0.328 e. The standard InChI is InChI=1S/C10H22N2O6/c1-14-4-5-16-8-9-17-7-6-15-3-2-10(13)18-12-11/h12H,2-9,11H2,1H3. The van der Waals surface area contributed by atoms with Crippen LogP contribution in [0.25, 0.3) is 0 Å². The number of ether oxygens (including phenoxy) is 4. The van der Waals surface area contributed by atoms with Crippen LogP contribution in [0.1, 0.15) is 6.42 Å². The third kappa shape index (κ3) is 13.3. The largest absolute Gasteiger partial charge is 0.382 e. The van der Waals surface area contributed by atoms with Gasteiger partial charge in [0.2, 0.25) is 0 Å². The van der Waals surface area contributed by atoms with Gasteiger partial charge < -0.3 is 23.8 Å². The second kappa shape index (κ2) is 14.3. The van der Waals surface area contributed by atoms with E-state index in [2.05, 4.69) is 4.84 Å². The van der Waals surface area contributed by atoms with Crippen LogP contribution >= 0.6 is 0 Å². The number of hydrogen-bond donors (Lipinski definition) is 2. The van der Waals surface area contributed by atoms with Gasteiger partial charge in [-0.3, -0.25) is 4.79 Å². The van der Waals surface area contributed by atoms with E-state index in [4.69, 9.17) is 24.8 Å². The molecule has 0 aromatic heterocycles. The molecule has 3 N–H and O–H groups in total. The van der Waals surface area contributed by atoms with Crippen LogP contribution in [0.4, 0.5) is 0 Å². The van der Waals surface area contributed by atoms with E-state index >= 15 is 0 Å². The van der Waals surface area contributed by atoms with Crippen LogP contribution in [0.15, 0.2) is 0 Å². The summed E-state index contributed by atoms with van der Waals surface area (Å²) in [6, 6.07) is 0. The summed E-state index contributed by atoms with van der Waals surface area (Å²) in [5, 5.41) is 0.